The van der Waals surface area contributed by atoms with Crippen LogP contribution in [-0.4, -0.2) is 36.1 Å². The van der Waals surface area contributed by atoms with Gasteiger partial charge in [-0.15, -0.1) is 0 Å². The van der Waals surface area contributed by atoms with Gasteiger partial charge in [-0.05, 0) is 30.2 Å². The van der Waals surface area contributed by atoms with Gasteiger partial charge in [0.25, 0.3) is 0 Å². The lowest BCUT2D eigenvalue weighted by molar-refractivity contribution is 0.641. The highest BCUT2D eigenvalue weighted by Crippen LogP contribution is 2.17. The van der Waals surface area contributed by atoms with Crippen molar-refractivity contribution in [2.45, 2.75) is 13.5 Å². The van der Waals surface area contributed by atoms with Gasteiger partial charge in [-0.1, -0.05) is 12.1 Å². The van der Waals surface area contributed by atoms with Crippen LogP contribution in [0.4, 0.5) is 11.6 Å². The van der Waals surface area contributed by atoms with E-state index < -0.39 is 0 Å². The summed E-state index contributed by atoms with van der Waals surface area (Å²) in [6, 6.07) is 8.32. The minimum Gasteiger partial charge on any atom is -0.353 e. The van der Waals surface area contributed by atoms with Gasteiger partial charge in [0.1, 0.15) is 11.6 Å². The highest BCUT2D eigenvalue weighted by atomic mass is 15.3. The molecule has 0 aromatic carbocycles. The van der Waals surface area contributed by atoms with Crippen LogP contribution in [0.2, 0.25) is 0 Å². The molecule has 0 atom stereocenters. The van der Waals surface area contributed by atoms with Crippen LogP contribution in [0.1, 0.15) is 11.1 Å². The average molecular weight is 283 g/mol. The molecule has 1 saturated heterocycles. The fourth-order valence-electron chi connectivity index (χ4n) is 2.54. The number of nitrogens with two attached hydrogens (primary N) is 1. The zero-order chi connectivity index (χ0) is 14.7. The molecule has 21 heavy (non-hydrogen) atoms. The van der Waals surface area contributed by atoms with E-state index in [1.165, 1.54) is 5.56 Å². The van der Waals surface area contributed by atoms with Crippen molar-refractivity contribution in [3.8, 4) is 0 Å². The highest BCUT2D eigenvalue weighted by Gasteiger charge is 2.18. The van der Waals surface area contributed by atoms with E-state index in [-0.39, 0.29) is 0 Å². The molecule has 1 aliphatic rings. The van der Waals surface area contributed by atoms with Crippen molar-refractivity contribution < 1.29 is 0 Å². The summed E-state index contributed by atoms with van der Waals surface area (Å²) in [5, 5.41) is 0. The van der Waals surface area contributed by atoms with Crippen LogP contribution in [0.3, 0.4) is 0 Å². The van der Waals surface area contributed by atoms with Crippen LogP contribution in [0.25, 0.3) is 0 Å². The summed E-state index contributed by atoms with van der Waals surface area (Å²) in [4.78, 5) is 13.6. The molecule has 3 heterocycles. The van der Waals surface area contributed by atoms with Gasteiger partial charge in [0, 0.05) is 45.1 Å². The second-order valence-corrected chi connectivity index (χ2v) is 5.40. The van der Waals surface area contributed by atoms with Gasteiger partial charge in [0.05, 0.1) is 0 Å². The van der Waals surface area contributed by atoms with E-state index in [1.54, 1.807) is 0 Å². The van der Waals surface area contributed by atoms with Crippen LogP contribution >= 0.6 is 0 Å². The van der Waals surface area contributed by atoms with Crippen molar-refractivity contribution in [2.75, 3.05) is 36.0 Å². The molecule has 0 aliphatic carbocycles. The third-order valence-electron chi connectivity index (χ3n) is 3.87. The molecule has 5 nitrogen and oxygen atoms in total. The lowest BCUT2D eigenvalue weighted by atomic mass is 10.2. The maximum Gasteiger partial charge on any atom is 0.128 e. The second-order valence-electron chi connectivity index (χ2n) is 5.40. The molecule has 1 fully saturated rings. The van der Waals surface area contributed by atoms with Crippen molar-refractivity contribution in [3.63, 3.8) is 0 Å². The summed E-state index contributed by atoms with van der Waals surface area (Å²) in [6.45, 7) is 6.47. The number of aromatic nitrogens is 2. The summed E-state index contributed by atoms with van der Waals surface area (Å²) in [5.74, 6) is 2.09. The van der Waals surface area contributed by atoms with E-state index in [2.05, 4.69) is 51.0 Å². The Bertz CT molecular complexity index is 571. The second kappa shape index (κ2) is 6.10. The van der Waals surface area contributed by atoms with Gasteiger partial charge in [0.2, 0.25) is 0 Å². The van der Waals surface area contributed by atoms with Crippen LogP contribution in [-0.2, 0) is 6.54 Å². The minimum absolute atomic E-state index is 0.542. The van der Waals surface area contributed by atoms with Crippen molar-refractivity contribution in [1.29, 1.82) is 0 Å². The Morgan fingerprint density at radius 2 is 1.48 bits per heavy atom. The Balaban J connectivity index is 1.62. The van der Waals surface area contributed by atoms with Crippen molar-refractivity contribution in [3.05, 3.63) is 47.8 Å². The molecule has 1 aliphatic heterocycles. The third-order valence-corrected chi connectivity index (χ3v) is 3.87. The highest BCUT2D eigenvalue weighted by molar-refractivity contribution is 5.45. The van der Waals surface area contributed by atoms with Crippen LogP contribution in [0.5, 0.6) is 0 Å². The summed E-state index contributed by atoms with van der Waals surface area (Å²) < 4.78 is 0. The Labute approximate surface area is 125 Å². The summed E-state index contributed by atoms with van der Waals surface area (Å²) >= 11 is 0. The van der Waals surface area contributed by atoms with Gasteiger partial charge in [-0.3, -0.25) is 0 Å². The molecule has 3 rings (SSSR count). The monoisotopic (exact) mass is 283 g/mol. The van der Waals surface area contributed by atoms with Crippen molar-refractivity contribution in [2.24, 2.45) is 5.73 Å². The van der Waals surface area contributed by atoms with Crippen LogP contribution in [0, 0.1) is 6.92 Å². The smallest absolute Gasteiger partial charge is 0.128 e. The molecule has 2 N–H and O–H groups in total. The minimum atomic E-state index is 0.542. The van der Waals surface area contributed by atoms with E-state index in [0.717, 1.165) is 43.4 Å². The molecule has 0 amide bonds. The molecule has 0 saturated carbocycles. The lowest BCUT2D eigenvalue weighted by Gasteiger charge is -2.36. The quantitative estimate of drug-likeness (QED) is 0.926. The van der Waals surface area contributed by atoms with Crippen molar-refractivity contribution in [1.82, 2.24) is 9.97 Å². The Morgan fingerprint density at radius 1 is 0.905 bits per heavy atom. The molecular weight excluding hydrogens is 262 g/mol. The zero-order valence-electron chi connectivity index (χ0n) is 12.4. The van der Waals surface area contributed by atoms with E-state index in [0.29, 0.717) is 6.54 Å². The van der Waals surface area contributed by atoms with Gasteiger partial charge in [0.15, 0.2) is 0 Å². The van der Waals surface area contributed by atoms with Crippen molar-refractivity contribution >= 4 is 11.6 Å². The molecule has 5 heteroatoms. The van der Waals surface area contributed by atoms with Gasteiger partial charge in [-0.2, -0.15) is 0 Å². The molecule has 0 bridgehead atoms. The normalized spacial score (nSPS) is 15.3. The van der Waals surface area contributed by atoms with E-state index in [4.69, 9.17) is 5.73 Å². The number of piperazine rings is 1. The number of hydrogen-bond donors (Lipinski definition) is 1. The first kappa shape index (κ1) is 13.8. The average Bonchev–Trinajstić information content (AvgIpc) is 2.56. The maximum atomic E-state index is 5.60. The zero-order valence-corrected chi connectivity index (χ0v) is 12.4. The summed E-state index contributed by atoms with van der Waals surface area (Å²) in [5.41, 5.74) is 7.87. The number of nitrogens with zero attached hydrogens (tertiary/aromatic N) is 4. The topological polar surface area (TPSA) is 58.3 Å². The summed E-state index contributed by atoms with van der Waals surface area (Å²) in [7, 11) is 0. The molecular formula is C16H21N5. The van der Waals surface area contributed by atoms with E-state index >= 15 is 0 Å². The Morgan fingerprint density at radius 3 is 1.90 bits per heavy atom. The number of hydrogen-bond acceptors (Lipinski definition) is 5. The number of aryl methyl sites for hydroxylation is 1. The first-order chi connectivity index (χ1) is 10.3. The predicted octanol–water partition coefficient (Wildman–Crippen LogP) is 1.57. The molecule has 0 radical (unpaired) electrons. The molecule has 110 valence electrons. The van der Waals surface area contributed by atoms with Crippen LogP contribution < -0.4 is 15.5 Å². The van der Waals surface area contributed by atoms with Gasteiger partial charge < -0.3 is 15.5 Å². The number of rotatable bonds is 3. The largest absolute Gasteiger partial charge is 0.353 e. The molecule has 2 aromatic heterocycles. The Hall–Kier alpha value is -2.14. The van der Waals surface area contributed by atoms with E-state index in [1.807, 2.05) is 12.4 Å². The number of pyridine rings is 2. The number of anilines is 2. The molecule has 2 aromatic rings. The first-order valence-corrected chi connectivity index (χ1v) is 7.34. The fourth-order valence-corrected chi connectivity index (χ4v) is 2.54. The summed E-state index contributed by atoms with van der Waals surface area (Å²) in [6.07, 6.45) is 3.79. The molecule has 0 spiro atoms. The van der Waals surface area contributed by atoms with Gasteiger partial charge in [-0.25, -0.2) is 9.97 Å². The lowest BCUT2D eigenvalue weighted by Crippen LogP contribution is -2.47. The fraction of sp³-hybridized carbons (Fsp3) is 0.375. The third kappa shape index (κ3) is 3.13. The predicted molar refractivity (Wildman–Crippen MR) is 85.5 cm³/mol. The SMILES string of the molecule is Cc1ccc(N2CCN(c3ccc(CN)cn3)CC2)nc1. The Kier molecular flexibility index (Phi) is 4.01. The van der Waals surface area contributed by atoms with Gasteiger partial charge >= 0.3 is 0 Å². The first-order valence-electron chi connectivity index (χ1n) is 7.34. The standard InChI is InChI=1S/C16H21N5/c1-13-2-4-15(18-11-13)20-6-8-21(9-7-20)16-5-3-14(10-17)12-19-16/h2-5,11-12H,6-10,17H2,1H3. The van der Waals surface area contributed by atoms with Crippen LogP contribution in [0.15, 0.2) is 36.7 Å². The molecule has 0 unspecified atom stereocenters. The van der Waals surface area contributed by atoms with E-state index in [9.17, 15) is 0 Å². The maximum absolute atomic E-state index is 5.60.